The zero-order valence-corrected chi connectivity index (χ0v) is 18.2. The molecular formula is C27H32O6. The third-order valence-electron chi connectivity index (χ3n) is 3.88. The fourth-order valence-corrected chi connectivity index (χ4v) is 2.37. The molecule has 0 aliphatic heterocycles. The van der Waals surface area contributed by atoms with Gasteiger partial charge in [0.15, 0.2) is 0 Å². The smallest absolute Gasteiger partial charge is 0.330 e. The third kappa shape index (κ3) is 13.3. The van der Waals surface area contributed by atoms with Crippen LogP contribution in [0.1, 0.15) is 29.7 Å². The van der Waals surface area contributed by atoms with E-state index in [2.05, 4.69) is 9.47 Å². The molecule has 0 aliphatic rings. The van der Waals surface area contributed by atoms with E-state index in [1.54, 1.807) is 24.3 Å². The normalized spacial score (nSPS) is 10.8. The number of ether oxygens (including phenoxy) is 2. The van der Waals surface area contributed by atoms with Crippen molar-refractivity contribution in [1.29, 1.82) is 0 Å². The maximum Gasteiger partial charge on any atom is 0.330 e. The number of rotatable bonds is 8. The summed E-state index contributed by atoms with van der Waals surface area (Å²) < 4.78 is 8.99. The molecule has 0 aromatic heterocycles. The molecule has 0 amide bonds. The summed E-state index contributed by atoms with van der Waals surface area (Å²) in [5, 5.41) is 17.2. The first-order valence-corrected chi connectivity index (χ1v) is 9.79. The Kier molecular flexibility index (Phi) is 15.9. The van der Waals surface area contributed by atoms with E-state index in [0.717, 1.165) is 22.3 Å². The number of esters is 2. The van der Waals surface area contributed by atoms with Gasteiger partial charge in [0.25, 0.3) is 0 Å². The van der Waals surface area contributed by atoms with Crippen LogP contribution in [0.5, 0.6) is 0 Å². The monoisotopic (exact) mass is 452 g/mol. The molecule has 33 heavy (non-hydrogen) atoms. The minimum Gasteiger partial charge on any atom is -0.466 e. The van der Waals surface area contributed by atoms with Gasteiger partial charge in [-0.05, 0) is 46.5 Å². The molecule has 0 unspecified atom stereocenters. The van der Waals surface area contributed by atoms with E-state index in [1.807, 2.05) is 60.7 Å². The van der Waals surface area contributed by atoms with Crippen molar-refractivity contribution in [2.75, 3.05) is 27.4 Å². The van der Waals surface area contributed by atoms with Crippen LogP contribution < -0.4 is 0 Å². The van der Waals surface area contributed by atoms with Crippen LogP contribution in [0.4, 0.5) is 0 Å². The van der Waals surface area contributed by atoms with E-state index in [4.69, 9.17) is 10.2 Å². The van der Waals surface area contributed by atoms with Crippen molar-refractivity contribution in [1.82, 2.24) is 0 Å². The summed E-state index contributed by atoms with van der Waals surface area (Å²) in [4.78, 5) is 21.9. The Balaban J connectivity index is 0.000000620. The van der Waals surface area contributed by atoms with Crippen molar-refractivity contribution in [3.05, 3.63) is 95.1 Å². The zero-order chi connectivity index (χ0) is 23.6. The number of hydrogen-bond acceptors (Lipinski definition) is 6. The SMILES string of the molecule is C.COC(=O)/C=C/c1cccc(/C=C/C(=O)OC)c1.OC/C=C/c1cccc(/C=C/CO)c1. The number of carbonyl (C=O) groups is 2. The highest BCUT2D eigenvalue weighted by molar-refractivity contribution is 5.88. The van der Waals surface area contributed by atoms with Gasteiger partial charge in [0, 0.05) is 12.2 Å². The predicted molar refractivity (Wildman–Crippen MR) is 134 cm³/mol. The lowest BCUT2D eigenvalue weighted by Crippen LogP contribution is -1.93. The molecule has 0 aliphatic carbocycles. The summed E-state index contributed by atoms with van der Waals surface area (Å²) in [5.74, 6) is -0.823. The van der Waals surface area contributed by atoms with Gasteiger partial charge in [0.2, 0.25) is 0 Å². The minimum absolute atomic E-state index is 0. The second-order valence-corrected chi connectivity index (χ2v) is 6.22. The summed E-state index contributed by atoms with van der Waals surface area (Å²) in [6, 6.07) is 15.2. The molecule has 6 nitrogen and oxygen atoms in total. The Hall–Kier alpha value is -3.74. The van der Waals surface area contributed by atoms with Crippen LogP contribution in [-0.2, 0) is 19.1 Å². The number of methoxy groups -OCH3 is 2. The zero-order valence-electron chi connectivity index (χ0n) is 18.2. The van der Waals surface area contributed by atoms with Gasteiger partial charge in [-0.3, -0.25) is 0 Å². The van der Waals surface area contributed by atoms with Gasteiger partial charge in [0.1, 0.15) is 0 Å². The fourth-order valence-electron chi connectivity index (χ4n) is 2.37. The van der Waals surface area contributed by atoms with E-state index in [-0.39, 0.29) is 20.6 Å². The molecule has 0 saturated carbocycles. The Morgan fingerprint density at radius 1 is 0.697 bits per heavy atom. The van der Waals surface area contributed by atoms with Crippen LogP contribution in [-0.4, -0.2) is 49.6 Å². The molecule has 6 heteroatoms. The molecule has 0 radical (unpaired) electrons. The first kappa shape index (κ1) is 29.3. The van der Waals surface area contributed by atoms with Gasteiger partial charge in [-0.2, -0.15) is 0 Å². The Labute approximate surface area is 195 Å². The van der Waals surface area contributed by atoms with Crippen LogP contribution in [0.15, 0.2) is 72.8 Å². The second-order valence-electron chi connectivity index (χ2n) is 6.22. The van der Waals surface area contributed by atoms with Crippen LogP contribution in [0.25, 0.3) is 24.3 Å². The van der Waals surface area contributed by atoms with E-state index in [1.165, 1.54) is 26.4 Å². The summed E-state index contributed by atoms with van der Waals surface area (Å²) >= 11 is 0. The number of aliphatic hydroxyl groups is 2. The van der Waals surface area contributed by atoms with Gasteiger partial charge in [-0.15, -0.1) is 0 Å². The average molecular weight is 453 g/mol. The summed E-state index contributed by atoms with van der Waals surface area (Å²) in [6.45, 7) is 0.105. The van der Waals surface area contributed by atoms with Crippen molar-refractivity contribution in [3.8, 4) is 0 Å². The average Bonchev–Trinajstić information content (AvgIpc) is 2.84. The van der Waals surface area contributed by atoms with Gasteiger partial charge < -0.3 is 19.7 Å². The summed E-state index contributed by atoms with van der Waals surface area (Å²) in [7, 11) is 2.64. The lowest BCUT2D eigenvalue weighted by Gasteiger charge is -1.97. The standard InChI is InChI=1S/C14H14O4.C12H14O2.CH4/c1-17-13(15)8-6-11-4-3-5-12(10-11)7-9-14(16)18-2;13-8-2-6-11-4-1-5-12(10-11)7-3-9-14;/h3-10H,1-2H3;1-7,10,13-14H,8-9H2;1H4/b8-6+,9-7+;6-2+,7-3+;. The molecule has 2 aromatic rings. The van der Waals surface area contributed by atoms with Gasteiger partial charge in [-0.25, -0.2) is 9.59 Å². The van der Waals surface area contributed by atoms with Crippen LogP contribution in [0.3, 0.4) is 0 Å². The van der Waals surface area contributed by atoms with E-state index < -0.39 is 11.9 Å². The van der Waals surface area contributed by atoms with Crippen molar-refractivity contribution < 1.29 is 29.3 Å². The number of aliphatic hydroxyl groups excluding tert-OH is 2. The largest absolute Gasteiger partial charge is 0.466 e. The number of benzene rings is 2. The molecule has 0 saturated heterocycles. The van der Waals surface area contributed by atoms with Gasteiger partial charge in [-0.1, -0.05) is 68.1 Å². The third-order valence-corrected chi connectivity index (χ3v) is 3.88. The molecule has 0 spiro atoms. The van der Waals surface area contributed by atoms with Gasteiger partial charge >= 0.3 is 11.9 Å². The van der Waals surface area contributed by atoms with E-state index in [9.17, 15) is 9.59 Å². The lowest BCUT2D eigenvalue weighted by molar-refractivity contribution is -0.135. The molecule has 0 heterocycles. The highest BCUT2D eigenvalue weighted by Crippen LogP contribution is 2.09. The van der Waals surface area contributed by atoms with E-state index >= 15 is 0 Å². The molecular weight excluding hydrogens is 420 g/mol. The van der Waals surface area contributed by atoms with Crippen LogP contribution in [0, 0.1) is 0 Å². The molecule has 0 bridgehead atoms. The molecule has 0 atom stereocenters. The first-order valence-electron chi connectivity index (χ1n) is 9.79. The van der Waals surface area contributed by atoms with Crippen LogP contribution >= 0.6 is 0 Å². The van der Waals surface area contributed by atoms with Crippen molar-refractivity contribution >= 4 is 36.2 Å². The predicted octanol–water partition coefficient (Wildman–Crippen LogP) is 4.39. The summed E-state index contributed by atoms with van der Waals surface area (Å²) in [5.41, 5.74) is 3.76. The van der Waals surface area contributed by atoms with Crippen molar-refractivity contribution in [2.45, 2.75) is 7.43 Å². The second kappa shape index (κ2) is 17.9. The molecule has 176 valence electrons. The molecule has 2 aromatic carbocycles. The maximum atomic E-state index is 10.9. The molecule has 2 rings (SSSR count). The Bertz CT molecular complexity index is 900. The molecule has 0 fully saturated rings. The molecule has 2 N–H and O–H groups in total. The Morgan fingerprint density at radius 2 is 1.03 bits per heavy atom. The van der Waals surface area contributed by atoms with Gasteiger partial charge in [0.05, 0.1) is 27.4 Å². The number of hydrogen-bond donors (Lipinski definition) is 2. The first-order chi connectivity index (χ1) is 15.5. The highest BCUT2D eigenvalue weighted by atomic mass is 16.5. The van der Waals surface area contributed by atoms with Crippen molar-refractivity contribution in [2.24, 2.45) is 0 Å². The quantitative estimate of drug-likeness (QED) is 0.456. The maximum absolute atomic E-state index is 10.9. The topological polar surface area (TPSA) is 93.1 Å². The van der Waals surface area contributed by atoms with E-state index in [0.29, 0.717) is 0 Å². The minimum atomic E-state index is -0.412. The van der Waals surface area contributed by atoms with Crippen molar-refractivity contribution in [3.63, 3.8) is 0 Å². The lowest BCUT2D eigenvalue weighted by atomic mass is 10.1. The Morgan fingerprint density at radius 3 is 1.33 bits per heavy atom. The highest BCUT2D eigenvalue weighted by Gasteiger charge is 1.95. The number of carbonyl (C=O) groups excluding carboxylic acids is 2. The fraction of sp³-hybridized carbons (Fsp3) is 0.185. The summed E-state index contributed by atoms with van der Waals surface area (Å²) in [6.07, 6.45) is 13.0. The van der Waals surface area contributed by atoms with Crippen LogP contribution in [0.2, 0.25) is 0 Å².